The average molecular weight is 429 g/mol. The molecule has 1 aliphatic rings. The summed E-state index contributed by atoms with van der Waals surface area (Å²) in [6.07, 6.45) is 0.701. The summed E-state index contributed by atoms with van der Waals surface area (Å²) in [5.74, 6) is -2.48. The number of fused-ring (bicyclic) bond motifs is 1. The highest BCUT2D eigenvalue weighted by atomic mass is 19.2. The van der Waals surface area contributed by atoms with Crippen molar-refractivity contribution >= 4 is 22.9 Å². The van der Waals surface area contributed by atoms with Gasteiger partial charge in [0.25, 0.3) is 0 Å². The minimum absolute atomic E-state index is 0.0559. The van der Waals surface area contributed by atoms with E-state index in [1.54, 1.807) is 12.4 Å². The number of amides is 1. The van der Waals surface area contributed by atoms with Gasteiger partial charge in [-0.1, -0.05) is 12.1 Å². The Balaban J connectivity index is 1.36. The third kappa shape index (κ3) is 4.52. The summed E-state index contributed by atoms with van der Waals surface area (Å²) in [7, 11) is 0. The number of rotatable bonds is 6. The van der Waals surface area contributed by atoms with Gasteiger partial charge < -0.3 is 10.0 Å². The van der Waals surface area contributed by atoms with E-state index in [9.17, 15) is 18.4 Å². The first kappa shape index (κ1) is 20.8. The van der Waals surface area contributed by atoms with Crippen molar-refractivity contribution in [1.29, 1.82) is 0 Å². The van der Waals surface area contributed by atoms with Gasteiger partial charge in [0.2, 0.25) is 12.1 Å². The van der Waals surface area contributed by atoms with Crippen molar-refractivity contribution in [3.63, 3.8) is 0 Å². The summed E-state index contributed by atoms with van der Waals surface area (Å²) in [6, 6.07) is 7.65. The molecular formula is C21H21F2N5O3. The number of carboxylic acids is 1. The Bertz CT molecular complexity index is 1100. The predicted octanol–water partition coefficient (Wildman–Crippen LogP) is 2.81. The molecule has 3 heterocycles. The van der Waals surface area contributed by atoms with Crippen molar-refractivity contribution in [3.8, 4) is 11.3 Å². The van der Waals surface area contributed by atoms with Gasteiger partial charge in [0.15, 0.2) is 6.17 Å². The second-order valence-electron chi connectivity index (χ2n) is 7.53. The molecule has 0 bridgehead atoms. The number of nitrogens with zero attached hydrogens (tertiary/aromatic N) is 5. The second kappa shape index (κ2) is 8.75. The first-order valence-corrected chi connectivity index (χ1v) is 9.97. The Hall–Kier alpha value is -3.43. The zero-order valence-corrected chi connectivity index (χ0v) is 16.6. The topological polar surface area (TPSA) is 101 Å². The fourth-order valence-corrected chi connectivity index (χ4v) is 3.70. The summed E-state index contributed by atoms with van der Waals surface area (Å²) in [5, 5.41) is 12.9. The molecule has 2 aromatic heterocycles. The highest BCUT2D eigenvalue weighted by Gasteiger charge is 2.32. The number of piperidine rings is 1. The molecule has 162 valence electrons. The van der Waals surface area contributed by atoms with Gasteiger partial charge in [0, 0.05) is 24.8 Å². The smallest absolute Gasteiger partial charge is 0.341 e. The van der Waals surface area contributed by atoms with Crippen molar-refractivity contribution in [1.82, 2.24) is 24.6 Å². The third-order valence-electron chi connectivity index (χ3n) is 5.46. The molecule has 1 amide bonds. The van der Waals surface area contributed by atoms with Gasteiger partial charge in [0.05, 0.1) is 41.6 Å². The van der Waals surface area contributed by atoms with Crippen molar-refractivity contribution in [2.75, 3.05) is 13.1 Å². The number of hydrogen-bond donors (Lipinski definition) is 1. The minimum Gasteiger partial charge on any atom is -0.479 e. The normalized spacial score (nSPS) is 16.9. The lowest BCUT2D eigenvalue weighted by Crippen LogP contribution is -2.41. The van der Waals surface area contributed by atoms with E-state index in [0.29, 0.717) is 31.6 Å². The van der Waals surface area contributed by atoms with E-state index < -0.39 is 30.6 Å². The zero-order chi connectivity index (χ0) is 22.0. The van der Waals surface area contributed by atoms with Crippen LogP contribution in [-0.4, -0.2) is 67.1 Å². The Kier molecular flexibility index (Phi) is 5.88. The van der Waals surface area contributed by atoms with E-state index in [0.717, 1.165) is 16.6 Å². The number of hydrogen-bond acceptors (Lipinski definition) is 5. The van der Waals surface area contributed by atoms with Crippen LogP contribution in [0.2, 0.25) is 0 Å². The van der Waals surface area contributed by atoms with E-state index in [4.69, 9.17) is 5.11 Å². The van der Waals surface area contributed by atoms with Crippen LogP contribution in [0.25, 0.3) is 22.3 Å². The SMILES string of the molecule is O=C(O)C(F)C(F)CC(=O)N1CCC(n2cc(-c3cnc4ccccc4n3)cn2)CC1. The quantitative estimate of drug-likeness (QED) is 0.647. The molecular weight excluding hydrogens is 408 g/mol. The summed E-state index contributed by atoms with van der Waals surface area (Å²) in [5.41, 5.74) is 3.16. The van der Waals surface area contributed by atoms with Crippen molar-refractivity contribution in [2.45, 2.75) is 37.6 Å². The fourth-order valence-electron chi connectivity index (χ4n) is 3.70. The molecule has 0 radical (unpaired) electrons. The summed E-state index contributed by atoms with van der Waals surface area (Å²) in [4.78, 5) is 33.1. The van der Waals surface area contributed by atoms with Crippen LogP contribution in [0.3, 0.4) is 0 Å². The number of halogens is 2. The lowest BCUT2D eigenvalue weighted by molar-refractivity contribution is -0.146. The molecule has 4 rings (SSSR count). The van der Waals surface area contributed by atoms with Gasteiger partial charge in [-0.05, 0) is 25.0 Å². The highest BCUT2D eigenvalue weighted by molar-refractivity contribution is 5.79. The number of aromatic nitrogens is 4. The van der Waals surface area contributed by atoms with Crippen LogP contribution in [0, 0.1) is 0 Å². The maximum Gasteiger partial charge on any atom is 0.341 e. The maximum atomic E-state index is 13.6. The zero-order valence-electron chi connectivity index (χ0n) is 16.6. The first-order valence-electron chi connectivity index (χ1n) is 9.97. The van der Waals surface area contributed by atoms with Crippen LogP contribution in [0.1, 0.15) is 25.3 Å². The number of carboxylic acid groups (broad SMARTS) is 1. The van der Waals surface area contributed by atoms with Crippen LogP contribution < -0.4 is 0 Å². The van der Waals surface area contributed by atoms with Crippen LogP contribution in [0.4, 0.5) is 8.78 Å². The van der Waals surface area contributed by atoms with E-state index in [-0.39, 0.29) is 6.04 Å². The lowest BCUT2D eigenvalue weighted by Gasteiger charge is -2.32. The number of benzene rings is 1. The average Bonchev–Trinajstić information content (AvgIpc) is 3.28. The Morgan fingerprint density at radius 2 is 1.84 bits per heavy atom. The molecule has 2 atom stereocenters. The molecule has 2 unspecified atom stereocenters. The van der Waals surface area contributed by atoms with Crippen LogP contribution in [-0.2, 0) is 9.59 Å². The third-order valence-corrected chi connectivity index (χ3v) is 5.46. The predicted molar refractivity (Wildman–Crippen MR) is 108 cm³/mol. The number of likely N-dealkylation sites (tertiary alicyclic amines) is 1. The van der Waals surface area contributed by atoms with Crippen LogP contribution in [0.5, 0.6) is 0 Å². The summed E-state index contributed by atoms with van der Waals surface area (Å²) < 4.78 is 28.6. The molecule has 1 aromatic carbocycles. The highest BCUT2D eigenvalue weighted by Crippen LogP contribution is 2.26. The van der Waals surface area contributed by atoms with Gasteiger partial charge >= 0.3 is 5.97 Å². The maximum absolute atomic E-state index is 13.6. The monoisotopic (exact) mass is 429 g/mol. The molecule has 1 N–H and O–H groups in total. The molecule has 0 spiro atoms. The molecule has 10 heteroatoms. The van der Waals surface area contributed by atoms with Crippen molar-refractivity contribution < 1.29 is 23.5 Å². The molecule has 8 nitrogen and oxygen atoms in total. The van der Waals surface area contributed by atoms with Crippen molar-refractivity contribution in [2.24, 2.45) is 0 Å². The summed E-state index contributed by atoms with van der Waals surface area (Å²) >= 11 is 0. The minimum atomic E-state index is -2.69. The second-order valence-corrected chi connectivity index (χ2v) is 7.53. The number of aliphatic carboxylic acids is 1. The van der Waals surface area contributed by atoms with Gasteiger partial charge in [-0.3, -0.25) is 14.5 Å². The lowest BCUT2D eigenvalue weighted by atomic mass is 10.0. The van der Waals surface area contributed by atoms with Gasteiger partial charge in [0.1, 0.15) is 0 Å². The first-order chi connectivity index (χ1) is 14.9. The molecule has 31 heavy (non-hydrogen) atoms. The fraction of sp³-hybridized carbons (Fsp3) is 0.381. The van der Waals surface area contributed by atoms with Gasteiger partial charge in [-0.2, -0.15) is 5.10 Å². The number of carbonyl (C=O) groups excluding carboxylic acids is 1. The molecule has 3 aromatic rings. The van der Waals surface area contributed by atoms with E-state index in [2.05, 4.69) is 15.1 Å². The standard InChI is InChI=1S/C21H21F2N5O3/c22-15(20(23)21(30)31)9-19(29)27-7-5-14(6-8-27)28-12-13(10-25-28)18-11-24-16-3-1-2-4-17(16)26-18/h1-4,10-12,14-15,20H,5-9H2,(H,30,31). The Labute approximate surface area is 176 Å². The van der Waals surface area contributed by atoms with Crippen molar-refractivity contribution in [3.05, 3.63) is 42.9 Å². The van der Waals surface area contributed by atoms with Gasteiger partial charge in [-0.25, -0.2) is 18.6 Å². The molecule has 1 fully saturated rings. The number of alkyl halides is 2. The Morgan fingerprint density at radius 1 is 1.13 bits per heavy atom. The molecule has 0 aliphatic carbocycles. The molecule has 1 aliphatic heterocycles. The molecule has 1 saturated heterocycles. The molecule has 0 saturated carbocycles. The van der Waals surface area contributed by atoms with E-state index in [1.165, 1.54) is 4.90 Å². The van der Waals surface area contributed by atoms with Crippen LogP contribution >= 0.6 is 0 Å². The van der Waals surface area contributed by atoms with E-state index in [1.807, 2.05) is 35.1 Å². The number of para-hydroxylation sites is 2. The van der Waals surface area contributed by atoms with Gasteiger partial charge in [-0.15, -0.1) is 0 Å². The van der Waals surface area contributed by atoms with Crippen LogP contribution in [0.15, 0.2) is 42.9 Å². The summed E-state index contributed by atoms with van der Waals surface area (Å²) in [6.45, 7) is 0.733. The van der Waals surface area contributed by atoms with E-state index >= 15 is 0 Å². The number of carbonyl (C=O) groups is 2. The largest absolute Gasteiger partial charge is 0.479 e. The Morgan fingerprint density at radius 3 is 2.55 bits per heavy atom.